The summed E-state index contributed by atoms with van der Waals surface area (Å²) >= 11 is 0. The zero-order valence-corrected chi connectivity index (χ0v) is 10.2. The Kier molecular flexibility index (Phi) is 2.62. The number of non-ortho nitro benzene ring substituents is 1. The van der Waals surface area contributed by atoms with E-state index in [1.54, 1.807) is 6.07 Å². The molecule has 88 valence electrons. The molecular weight excluding hydrogens is 214 g/mol. The van der Waals surface area contributed by atoms with Crippen LogP contribution in [0.1, 0.15) is 26.3 Å². The molecule has 2 aromatic rings. The fourth-order valence-corrected chi connectivity index (χ4v) is 2.10. The first-order valence-electron chi connectivity index (χ1n) is 5.58. The summed E-state index contributed by atoms with van der Waals surface area (Å²) in [5.41, 5.74) is 1.29. The van der Waals surface area contributed by atoms with Crippen molar-refractivity contribution in [2.45, 2.75) is 26.2 Å². The third kappa shape index (κ3) is 2.00. The summed E-state index contributed by atoms with van der Waals surface area (Å²) in [6.45, 7) is 6.34. The Morgan fingerprint density at radius 3 is 2.12 bits per heavy atom. The van der Waals surface area contributed by atoms with E-state index in [4.69, 9.17) is 0 Å². The van der Waals surface area contributed by atoms with Gasteiger partial charge in [0.25, 0.3) is 5.69 Å². The molecule has 0 unspecified atom stereocenters. The predicted octanol–water partition coefficient (Wildman–Crippen LogP) is 4.05. The molecule has 0 aliphatic heterocycles. The van der Waals surface area contributed by atoms with Crippen molar-refractivity contribution >= 4 is 16.5 Å². The average Bonchev–Trinajstić information content (AvgIpc) is 2.26. The summed E-state index contributed by atoms with van der Waals surface area (Å²) in [5, 5.41) is 12.7. The van der Waals surface area contributed by atoms with Gasteiger partial charge in [0.1, 0.15) is 0 Å². The van der Waals surface area contributed by atoms with E-state index in [1.807, 2.05) is 30.3 Å². The van der Waals surface area contributed by atoms with E-state index in [2.05, 4.69) is 20.8 Å². The molecule has 0 aliphatic carbocycles. The smallest absolute Gasteiger partial charge is 0.258 e. The minimum atomic E-state index is -0.325. The van der Waals surface area contributed by atoms with E-state index in [0.717, 1.165) is 10.9 Å². The van der Waals surface area contributed by atoms with Crippen LogP contribution >= 0.6 is 0 Å². The molecule has 0 aliphatic rings. The Morgan fingerprint density at radius 1 is 1.00 bits per heavy atom. The second-order valence-electron chi connectivity index (χ2n) is 5.18. The van der Waals surface area contributed by atoms with Gasteiger partial charge in [0.05, 0.1) is 10.3 Å². The van der Waals surface area contributed by atoms with Crippen molar-refractivity contribution in [1.82, 2.24) is 0 Å². The van der Waals surface area contributed by atoms with Crippen molar-refractivity contribution in [3.8, 4) is 0 Å². The fraction of sp³-hybridized carbons (Fsp3) is 0.286. The molecule has 0 radical (unpaired) electrons. The number of fused-ring (bicyclic) bond motifs is 1. The van der Waals surface area contributed by atoms with E-state index in [0.29, 0.717) is 5.39 Å². The molecule has 0 saturated carbocycles. The van der Waals surface area contributed by atoms with Gasteiger partial charge in [0, 0.05) is 6.07 Å². The lowest BCUT2D eigenvalue weighted by molar-refractivity contribution is -0.383. The highest BCUT2D eigenvalue weighted by atomic mass is 16.6. The van der Waals surface area contributed by atoms with Crippen molar-refractivity contribution in [1.29, 1.82) is 0 Å². The Morgan fingerprint density at radius 2 is 1.59 bits per heavy atom. The highest BCUT2D eigenvalue weighted by Crippen LogP contribution is 2.34. The fourth-order valence-electron chi connectivity index (χ4n) is 2.10. The maximum absolute atomic E-state index is 11.0. The van der Waals surface area contributed by atoms with Crippen molar-refractivity contribution in [2.75, 3.05) is 0 Å². The monoisotopic (exact) mass is 229 g/mol. The maximum Gasteiger partial charge on any atom is 0.277 e. The zero-order chi connectivity index (χ0) is 12.6. The molecule has 3 heteroatoms. The highest BCUT2D eigenvalue weighted by Gasteiger charge is 2.20. The van der Waals surface area contributed by atoms with Crippen molar-refractivity contribution < 1.29 is 4.92 Å². The van der Waals surface area contributed by atoms with Crippen LogP contribution in [-0.2, 0) is 5.41 Å². The van der Waals surface area contributed by atoms with Gasteiger partial charge in [-0.05, 0) is 22.4 Å². The van der Waals surface area contributed by atoms with Gasteiger partial charge in [-0.1, -0.05) is 45.0 Å². The van der Waals surface area contributed by atoms with Crippen LogP contribution in [0.4, 0.5) is 5.69 Å². The summed E-state index contributed by atoms with van der Waals surface area (Å²) < 4.78 is 0. The molecular formula is C14H15NO2. The van der Waals surface area contributed by atoms with Gasteiger partial charge in [0.15, 0.2) is 0 Å². The van der Waals surface area contributed by atoms with Crippen molar-refractivity contribution in [3.63, 3.8) is 0 Å². The molecule has 17 heavy (non-hydrogen) atoms. The Balaban J connectivity index is 2.85. The zero-order valence-electron chi connectivity index (χ0n) is 10.2. The molecule has 2 rings (SSSR count). The standard InChI is InChI=1S/C14H15NO2/c1-14(2,3)12-8-9-13(15(16)17)11-7-5-4-6-10(11)12/h4-9H,1-3H3. The summed E-state index contributed by atoms with van der Waals surface area (Å²) in [6.07, 6.45) is 0. The van der Waals surface area contributed by atoms with E-state index >= 15 is 0 Å². The largest absolute Gasteiger partial charge is 0.277 e. The van der Waals surface area contributed by atoms with Crippen LogP contribution in [-0.4, -0.2) is 4.92 Å². The normalized spacial score (nSPS) is 11.7. The quantitative estimate of drug-likeness (QED) is 0.547. The molecule has 0 heterocycles. The third-order valence-electron chi connectivity index (χ3n) is 2.91. The highest BCUT2D eigenvalue weighted by molar-refractivity contribution is 5.93. The maximum atomic E-state index is 11.0. The minimum absolute atomic E-state index is 0.0191. The topological polar surface area (TPSA) is 43.1 Å². The van der Waals surface area contributed by atoms with Gasteiger partial charge >= 0.3 is 0 Å². The van der Waals surface area contributed by atoms with Gasteiger partial charge < -0.3 is 0 Å². The Labute approximate surface area is 100 Å². The number of hydrogen-bond acceptors (Lipinski definition) is 2. The number of nitro groups is 1. The molecule has 0 aromatic heterocycles. The summed E-state index contributed by atoms with van der Waals surface area (Å²) in [6, 6.07) is 11.0. The second kappa shape index (κ2) is 3.84. The van der Waals surface area contributed by atoms with Gasteiger partial charge in [-0.2, -0.15) is 0 Å². The number of benzene rings is 2. The van der Waals surface area contributed by atoms with Crippen LogP contribution in [0.2, 0.25) is 0 Å². The molecule has 0 saturated heterocycles. The number of rotatable bonds is 1. The van der Waals surface area contributed by atoms with Crippen LogP contribution < -0.4 is 0 Å². The molecule has 0 atom stereocenters. The van der Waals surface area contributed by atoms with Crippen molar-refractivity contribution in [2.24, 2.45) is 0 Å². The summed E-state index contributed by atoms with van der Waals surface area (Å²) in [7, 11) is 0. The summed E-state index contributed by atoms with van der Waals surface area (Å²) in [5.74, 6) is 0. The lowest BCUT2D eigenvalue weighted by atomic mass is 9.83. The lowest BCUT2D eigenvalue weighted by Crippen LogP contribution is -2.11. The number of nitro benzene ring substituents is 1. The lowest BCUT2D eigenvalue weighted by Gasteiger charge is -2.21. The number of hydrogen-bond donors (Lipinski definition) is 0. The first-order valence-corrected chi connectivity index (χ1v) is 5.58. The Bertz CT molecular complexity index is 582. The molecule has 0 amide bonds. The second-order valence-corrected chi connectivity index (χ2v) is 5.18. The Hall–Kier alpha value is -1.90. The first-order chi connectivity index (χ1) is 7.91. The van der Waals surface area contributed by atoms with E-state index in [9.17, 15) is 10.1 Å². The van der Waals surface area contributed by atoms with E-state index < -0.39 is 0 Å². The SMILES string of the molecule is CC(C)(C)c1ccc([N+](=O)[O-])c2ccccc12. The molecule has 2 aromatic carbocycles. The number of nitrogens with zero attached hydrogens (tertiary/aromatic N) is 1. The van der Waals surface area contributed by atoms with E-state index in [-0.39, 0.29) is 16.0 Å². The minimum Gasteiger partial charge on any atom is -0.258 e. The molecule has 0 bridgehead atoms. The van der Waals surface area contributed by atoms with Crippen molar-refractivity contribution in [3.05, 3.63) is 52.1 Å². The molecule has 0 N–H and O–H groups in total. The summed E-state index contributed by atoms with van der Waals surface area (Å²) in [4.78, 5) is 10.7. The first kappa shape index (κ1) is 11.6. The van der Waals surface area contributed by atoms with Gasteiger partial charge in [-0.15, -0.1) is 0 Å². The van der Waals surface area contributed by atoms with Gasteiger partial charge in [0.2, 0.25) is 0 Å². The van der Waals surface area contributed by atoms with E-state index in [1.165, 1.54) is 0 Å². The van der Waals surface area contributed by atoms with Crippen LogP contribution in [0, 0.1) is 10.1 Å². The van der Waals surface area contributed by atoms with Crippen LogP contribution in [0.25, 0.3) is 10.8 Å². The van der Waals surface area contributed by atoms with Crippen LogP contribution in [0.15, 0.2) is 36.4 Å². The average molecular weight is 229 g/mol. The van der Waals surface area contributed by atoms with Crippen LogP contribution in [0.5, 0.6) is 0 Å². The molecule has 0 fully saturated rings. The van der Waals surface area contributed by atoms with Crippen LogP contribution in [0.3, 0.4) is 0 Å². The predicted molar refractivity (Wildman–Crippen MR) is 69.3 cm³/mol. The van der Waals surface area contributed by atoms with Gasteiger partial charge in [-0.25, -0.2) is 0 Å². The molecule has 3 nitrogen and oxygen atoms in total. The third-order valence-corrected chi connectivity index (χ3v) is 2.91. The van der Waals surface area contributed by atoms with Gasteiger partial charge in [-0.3, -0.25) is 10.1 Å². The molecule has 0 spiro atoms.